The third kappa shape index (κ3) is 3.39. The summed E-state index contributed by atoms with van der Waals surface area (Å²) in [5.74, 6) is 0.107. The van der Waals surface area contributed by atoms with Crippen LogP contribution in [0.5, 0.6) is 0 Å². The first-order chi connectivity index (χ1) is 9.65. The molecule has 0 aliphatic carbocycles. The highest BCUT2D eigenvalue weighted by Gasteiger charge is 2.24. The number of amides is 1. The van der Waals surface area contributed by atoms with E-state index in [2.05, 4.69) is 24.3 Å². The Hall–Kier alpha value is -1.36. The highest BCUT2D eigenvalue weighted by molar-refractivity contribution is 5.92. The van der Waals surface area contributed by atoms with E-state index in [1.54, 1.807) is 4.68 Å². The van der Waals surface area contributed by atoms with Gasteiger partial charge in [0, 0.05) is 26.2 Å². The third-order valence-electron chi connectivity index (χ3n) is 3.90. The molecule has 0 radical (unpaired) electrons. The molecular weight excluding hydrogens is 252 g/mol. The zero-order valence-corrected chi connectivity index (χ0v) is 12.9. The predicted octanol–water partition coefficient (Wildman–Crippen LogP) is 1.59. The maximum absolute atomic E-state index is 12.7. The van der Waals surface area contributed by atoms with Crippen LogP contribution in [-0.2, 0) is 13.5 Å². The maximum Gasteiger partial charge on any atom is 0.272 e. The molecule has 0 saturated carbocycles. The molecule has 1 aromatic rings. The van der Waals surface area contributed by atoms with Crippen LogP contribution < -0.4 is 5.32 Å². The highest BCUT2D eigenvalue weighted by Crippen LogP contribution is 2.12. The lowest BCUT2D eigenvalue weighted by Crippen LogP contribution is -2.42. The lowest BCUT2D eigenvalue weighted by Gasteiger charge is -2.25. The largest absolute Gasteiger partial charge is 0.336 e. The molecule has 112 valence electrons. The van der Waals surface area contributed by atoms with E-state index in [0.29, 0.717) is 11.7 Å². The van der Waals surface area contributed by atoms with E-state index < -0.39 is 0 Å². The molecule has 1 aliphatic rings. The topological polar surface area (TPSA) is 50.2 Å². The second kappa shape index (κ2) is 6.88. The zero-order chi connectivity index (χ0) is 14.5. The molecule has 1 aliphatic heterocycles. The average molecular weight is 278 g/mol. The van der Waals surface area contributed by atoms with Crippen molar-refractivity contribution in [2.24, 2.45) is 7.05 Å². The fourth-order valence-corrected chi connectivity index (χ4v) is 2.79. The summed E-state index contributed by atoms with van der Waals surface area (Å²) in [5.41, 5.74) is 1.68. The first-order valence-corrected chi connectivity index (χ1v) is 7.71. The normalized spacial score (nSPS) is 18.4. The molecular formula is C15H26N4O. The van der Waals surface area contributed by atoms with Gasteiger partial charge < -0.3 is 10.2 Å². The van der Waals surface area contributed by atoms with E-state index in [4.69, 9.17) is 0 Å². The van der Waals surface area contributed by atoms with Crippen LogP contribution in [0.4, 0.5) is 0 Å². The van der Waals surface area contributed by atoms with Crippen molar-refractivity contribution in [3.8, 4) is 0 Å². The molecule has 1 amide bonds. The molecule has 1 aromatic heterocycles. The standard InChI is InChI=1S/C15H26N4O/c1-4-9-19(11-13-7-6-8-16-13)15(20)14-10-12(5-2)17-18(14)3/h10,13,16H,4-9,11H2,1-3H3. The number of carbonyl (C=O) groups excluding carboxylic acids is 1. The van der Waals surface area contributed by atoms with E-state index in [-0.39, 0.29) is 5.91 Å². The number of aryl methyl sites for hydroxylation is 2. The second-order valence-electron chi connectivity index (χ2n) is 5.54. The van der Waals surface area contributed by atoms with Gasteiger partial charge in [0.15, 0.2) is 0 Å². The van der Waals surface area contributed by atoms with Crippen LogP contribution in [0.15, 0.2) is 6.07 Å². The van der Waals surface area contributed by atoms with E-state index in [1.807, 2.05) is 18.0 Å². The molecule has 1 fully saturated rings. The summed E-state index contributed by atoms with van der Waals surface area (Å²) in [4.78, 5) is 14.7. The third-order valence-corrected chi connectivity index (χ3v) is 3.90. The average Bonchev–Trinajstić information content (AvgIpc) is 3.07. The first-order valence-electron chi connectivity index (χ1n) is 7.71. The SMILES string of the molecule is CCCN(CC1CCCN1)C(=O)c1cc(CC)nn1C. The van der Waals surface area contributed by atoms with Crippen molar-refractivity contribution in [3.05, 3.63) is 17.5 Å². The highest BCUT2D eigenvalue weighted by atomic mass is 16.2. The molecule has 5 heteroatoms. The van der Waals surface area contributed by atoms with E-state index in [9.17, 15) is 4.79 Å². The molecule has 2 rings (SSSR count). The zero-order valence-electron chi connectivity index (χ0n) is 12.9. The molecule has 2 heterocycles. The Morgan fingerprint density at radius 1 is 1.55 bits per heavy atom. The number of nitrogens with zero attached hydrogens (tertiary/aromatic N) is 3. The lowest BCUT2D eigenvalue weighted by atomic mass is 10.2. The maximum atomic E-state index is 12.7. The minimum atomic E-state index is 0.107. The smallest absolute Gasteiger partial charge is 0.272 e. The van der Waals surface area contributed by atoms with Gasteiger partial charge in [-0.25, -0.2) is 0 Å². The Morgan fingerprint density at radius 2 is 2.35 bits per heavy atom. The molecule has 20 heavy (non-hydrogen) atoms. The molecule has 0 aromatic carbocycles. The van der Waals surface area contributed by atoms with Gasteiger partial charge >= 0.3 is 0 Å². The van der Waals surface area contributed by atoms with Crippen LogP contribution in [0, 0.1) is 0 Å². The fourth-order valence-electron chi connectivity index (χ4n) is 2.79. The Kier molecular flexibility index (Phi) is 5.17. The van der Waals surface area contributed by atoms with Crippen LogP contribution in [0.3, 0.4) is 0 Å². The lowest BCUT2D eigenvalue weighted by molar-refractivity contribution is 0.0731. The Labute approximate surface area is 121 Å². The summed E-state index contributed by atoms with van der Waals surface area (Å²) < 4.78 is 1.71. The van der Waals surface area contributed by atoms with E-state index in [1.165, 1.54) is 12.8 Å². The molecule has 1 N–H and O–H groups in total. The quantitative estimate of drug-likeness (QED) is 0.859. The summed E-state index contributed by atoms with van der Waals surface area (Å²) in [6.45, 7) is 6.86. The molecule has 0 bridgehead atoms. The van der Waals surface area contributed by atoms with Gasteiger partial charge in [0.1, 0.15) is 5.69 Å². The molecule has 1 saturated heterocycles. The van der Waals surface area contributed by atoms with Crippen molar-refractivity contribution < 1.29 is 4.79 Å². The van der Waals surface area contributed by atoms with E-state index >= 15 is 0 Å². The Morgan fingerprint density at radius 3 is 2.90 bits per heavy atom. The van der Waals surface area contributed by atoms with Gasteiger partial charge in [-0.15, -0.1) is 0 Å². The van der Waals surface area contributed by atoms with Crippen molar-refractivity contribution in [1.29, 1.82) is 0 Å². The summed E-state index contributed by atoms with van der Waals surface area (Å²) in [7, 11) is 1.85. The van der Waals surface area contributed by atoms with Crippen molar-refractivity contribution >= 4 is 5.91 Å². The molecule has 1 atom stereocenters. The van der Waals surface area contributed by atoms with Gasteiger partial charge in [-0.3, -0.25) is 9.48 Å². The van der Waals surface area contributed by atoms with Gasteiger partial charge in [-0.2, -0.15) is 5.10 Å². The molecule has 0 spiro atoms. The van der Waals surface area contributed by atoms with Crippen molar-refractivity contribution in [1.82, 2.24) is 20.0 Å². The summed E-state index contributed by atoms with van der Waals surface area (Å²) in [6.07, 6.45) is 4.22. The Balaban J connectivity index is 2.10. The van der Waals surface area contributed by atoms with Gasteiger partial charge in [0.05, 0.1) is 5.69 Å². The van der Waals surface area contributed by atoms with Crippen LogP contribution >= 0.6 is 0 Å². The summed E-state index contributed by atoms with van der Waals surface area (Å²) >= 11 is 0. The van der Waals surface area contributed by atoms with Gasteiger partial charge in [0.25, 0.3) is 5.91 Å². The monoisotopic (exact) mass is 278 g/mol. The minimum absolute atomic E-state index is 0.107. The minimum Gasteiger partial charge on any atom is -0.336 e. The van der Waals surface area contributed by atoms with Crippen molar-refractivity contribution in [2.75, 3.05) is 19.6 Å². The number of hydrogen-bond acceptors (Lipinski definition) is 3. The summed E-state index contributed by atoms with van der Waals surface area (Å²) in [5, 5.41) is 7.84. The second-order valence-corrected chi connectivity index (χ2v) is 5.54. The van der Waals surface area contributed by atoms with Crippen LogP contribution in [-0.4, -0.2) is 46.3 Å². The number of rotatable bonds is 6. The van der Waals surface area contributed by atoms with Crippen LogP contribution in [0.25, 0.3) is 0 Å². The number of hydrogen-bond donors (Lipinski definition) is 1. The van der Waals surface area contributed by atoms with Crippen LogP contribution in [0.2, 0.25) is 0 Å². The number of carbonyl (C=O) groups is 1. The number of aromatic nitrogens is 2. The van der Waals surface area contributed by atoms with Crippen molar-refractivity contribution in [2.45, 2.75) is 45.6 Å². The summed E-state index contributed by atoms with van der Waals surface area (Å²) in [6, 6.07) is 2.37. The fraction of sp³-hybridized carbons (Fsp3) is 0.733. The van der Waals surface area contributed by atoms with Gasteiger partial charge in [0.2, 0.25) is 0 Å². The van der Waals surface area contributed by atoms with E-state index in [0.717, 1.165) is 38.2 Å². The van der Waals surface area contributed by atoms with Crippen molar-refractivity contribution in [3.63, 3.8) is 0 Å². The van der Waals surface area contributed by atoms with Gasteiger partial charge in [-0.1, -0.05) is 13.8 Å². The van der Waals surface area contributed by atoms with Gasteiger partial charge in [-0.05, 0) is 38.3 Å². The predicted molar refractivity (Wildman–Crippen MR) is 79.8 cm³/mol. The number of nitrogens with one attached hydrogen (secondary N) is 1. The first kappa shape index (κ1) is 15.0. The Bertz CT molecular complexity index is 449. The molecule has 1 unspecified atom stereocenters. The van der Waals surface area contributed by atoms with Crippen LogP contribution in [0.1, 0.15) is 49.3 Å². The molecule has 5 nitrogen and oxygen atoms in total.